The molecule has 1 amide bonds. The molecule has 2 saturated heterocycles. The highest BCUT2D eigenvalue weighted by Crippen LogP contribution is 2.32. The van der Waals surface area contributed by atoms with Crippen LogP contribution in [0.1, 0.15) is 39.0 Å². The van der Waals surface area contributed by atoms with Crippen LogP contribution in [0.5, 0.6) is 0 Å². The molecule has 0 N–H and O–H groups in total. The second-order valence-electron chi connectivity index (χ2n) is 7.38. The van der Waals surface area contributed by atoms with E-state index in [0.29, 0.717) is 26.2 Å². The van der Waals surface area contributed by atoms with Gasteiger partial charge >= 0.3 is 0 Å². The normalized spacial score (nSPS) is 36.5. The average Bonchev–Trinajstić information content (AvgIpc) is 2.53. The van der Waals surface area contributed by atoms with Gasteiger partial charge in [-0.15, -0.1) is 0 Å². The molecule has 2 aliphatic heterocycles. The maximum Gasteiger partial charge on any atom is 0.225 e. The number of piperidine rings is 1. The number of rotatable bonds is 2. The molecule has 132 valence electrons. The van der Waals surface area contributed by atoms with Crippen molar-refractivity contribution in [3.05, 3.63) is 0 Å². The van der Waals surface area contributed by atoms with Gasteiger partial charge in [0.2, 0.25) is 15.9 Å². The number of sulfonamides is 1. The maximum atomic E-state index is 12.8. The van der Waals surface area contributed by atoms with Gasteiger partial charge in [-0.2, -0.15) is 4.31 Å². The van der Waals surface area contributed by atoms with Gasteiger partial charge in [-0.3, -0.25) is 4.79 Å². The molecule has 2 heterocycles. The standard InChI is InChI=1S/C16H28N2O4S/c1-12-3-5-13(6-4-12)16(19)17-8-7-15-14(11-17)18(9-10-22-15)23(2,20)21/h12-15H,3-11H2,1-2H3/t12?,13?,14-,15-/m0/s1. The van der Waals surface area contributed by atoms with Crippen LogP contribution in [0.25, 0.3) is 0 Å². The quantitative estimate of drug-likeness (QED) is 0.752. The van der Waals surface area contributed by atoms with Gasteiger partial charge in [0.15, 0.2) is 0 Å². The van der Waals surface area contributed by atoms with Crippen molar-refractivity contribution >= 4 is 15.9 Å². The fourth-order valence-electron chi connectivity index (χ4n) is 4.22. The van der Waals surface area contributed by atoms with Crippen LogP contribution < -0.4 is 0 Å². The van der Waals surface area contributed by atoms with Gasteiger partial charge in [0.05, 0.1) is 25.0 Å². The summed E-state index contributed by atoms with van der Waals surface area (Å²) in [6.45, 7) is 4.24. The van der Waals surface area contributed by atoms with E-state index in [-0.39, 0.29) is 24.0 Å². The lowest BCUT2D eigenvalue weighted by Gasteiger charge is -2.46. The molecule has 0 aromatic rings. The monoisotopic (exact) mass is 344 g/mol. The van der Waals surface area contributed by atoms with Crippen molar-refractivity contribution in [3.63, 3.8) is 0 Å². The molecule has 3 rings (SSSR count). The van der Waals surface area contributed by atoms with E-state index in [1.807, 2.05) is 4.90 Å². The fourth-order valence-corrected chi connectivity index (χ4v) is 5.32. The zero-order valence-electron chi connectivity index (χ0n) is 14.1. The summed E-state index contributed by atoms with van der Waals surface area (Å²) in [6, 6.07) is -0.223. The lowest BCUT2D eigenvalue weighted by Crippen LogP contribution is -2.62. The number of fused-ring (bicyclic) bond motifs is 1. The molecule has 1 saturated carbocycles. The summed E-state index contributed by atoms with van der Waals surface area (Å²) in [5, 5.41) is 0. The van der Waals surface area contributed by atoms with Gasteiger partial charge < -0.3 is 9.64 Å². The van der Waals surface area contributed by atoms with Gasteiger partial charge in [-0.1, -0.05) is 6.92 Å². The first-order valence-electron chi connectivity index (χ1n) is 8.73. The van der Waals surface area contributed by atoms with E-state index in [1.165, 1.54) is 10.6 Å². The molecule has 23 heavy (non-hydrogen) atoms. The summed E-state index contributed by atoms with van der Waals surface area (Å²) in [7, 11) is -3.26. The Morgan fingerprint density at radius 3 is 2.43 bits per heavy atom. The third kappa shape index (κ3) is 3.72. The fraction of sp³-hybridized carbons (Fsp3) is 0.938. The highest BCUT2D eigenvalue weighted by molar-refractivity contribution is 7.88. The van der Waals surface area contributed by atoms with Crippen LogP contribution >= 0.6 is 0 Å². The lowest BCUT2D eigenvalue weighted by molar-refractivity contribution is -0.144. The summed E-state index contributed by atoms with van der Waals surface area (Å²) in [5.41, 5.74) is 0. The van der Waals surface area contributed by atoms with E-state index < -0.39 is 10.0 Å². The van der Waals surface area contributed by atoms with Crippen molar-refractivity contribution in [1.82, 2.24) is 9.21 Å². The van der Waals surface area contributed by atoms with E-state index in [4.69, 9.17) is 4.74 Å². The number of carbonyl (C=O) groups excluding carboxylic acids is 1. The minimum Gasteiger partial charge on any atom is -0.375 e. The smallest absolute Gasteiger partial charge is 0.225 e. The predicted octanol–water partition coefficient (Wildman–Crippen LogP) is 1.07. The van der Waals surface area contributed by atoms with Crippen molar-refractivity contribution in [2.45, 2.75) is 51.2 Å². The van der Waals surface area contributed by atoms with Crippen molar-refractivity contribution in [2.24, 2.45) is 11.8 Å². The van der Waals surface area contributed by atoms with Crippen LogP contribution in [0.3, 0.4) is 0 Å². The molecule has 1 aliphatic carbocycles. The SMILES string of the molecule is CC1CCC(C(=O)N2CC[C@@H]3OCCN(S(C)(=O)=O)[C@H]3C2)CC1. The Bertz CT molecular complexity index is 542. The molecule has 0 unspecified atom stereocenters. The molecule has 6 nitrogen and oxygen atoms in total. The maximum absolute atomic E-state index is 12.8. The van der Waals surface area contributed by atoms with E-state index in [0.717, 1.165) is 38.0 Å². The highest BCUT2D eigenvalue weighted by atomic mass is 32.2. The summed E-state index contributed by atoms with van der Waals surface area (Å²) in [4.78, 5) is 14.7. The largest absolute Gasteiger partial charge is 0.375 e. The number of carbonyl (C=O) groups is 1. The minimum absolute atomic E-state index is 0.0751. The summed E-state index contributed by atoms with van der Waals surface area (Å²) >= 11 is 0. The van der Waals surface area contributed by atoms with Crippen LogP contribution in [0.4, 0.5) is 0 Å². The Labute approximate surface area is 139 Å². The number of ether oxygens (including phenoxy) is 1. The molecule has 0 bridgehead atoms. The molecule has 0 spiro atoms. The molecule has 3 aliphatic rings. The van der Waals surface area contributed by atoms with Gasteiger partial charge in [0.1, 0.15) is 0 Å². The van der Waals surface area contributed by atoms with E-state index >= 15 is 0 Å². The van der Waals surface area contributed by atoms with E-state index in [1.54, 1.807) is 0 Å². The first-order valence-corrected chi connectivity index (χ1v) is 10.6. The Balaban J connectivity index is 1.68. The van der Waals surface area contributed by atoms with E-state index in [9.17, 15) is 13.2 Å². The van der Waals surface area contributed by atoms with Crippen LogP contribution in [0, 0.1) is 11.8 Å². The second-order valence-corrected chi connectivity index (χ2v) is 9.32. The summed E-state index contributed by atoms with van der Waals surface area (Å²) < 4.78 is 31.3. The average molecular weight is 344 g/mol. The molecule has 3 fully saturated rings. The van der Waals surface area contributed by atoms with Crippen LogP contribution in [0.2, 0.25) is 0 Å². The predicted molar refractivity (Wildman–Crippen MR) is 87.4 cm³/mol. The topological polar surface area (TPSA) is 66.9 Å². The van der Waals surface area contributed by atoms with Crippen LogP contribution in [-0.4, -0.2) is 68.2 Å². The van der Waals surface area contributed by atoms with Crippen molar-refractivity contribution in [1.29, 1.82) is 0 Å². The first-order chi connectivity index (χ1) is 10.9. The molecular formula is C16H28N2O4S. The Morgan fingerprint density at radius 2 is 1.78 bits per heavy atom. The highest BCUT2D eigenvalue weighted by Gasteiger charge is 2.42. The number of hydrogen-bond donors (Lipinski definition) is 0. The van der Waals surface area contributed by atoms with Gasteiger partial charge in [0.25, 0.3) is 0 Å². The Hall–Kier alpha value is -0.660. The van der Waals surface area contributed by atoms with Gasteiger partial charge in [0, 0.05) is 25.6 Å². The lowest BCUT2D eigenvalue weighted by atomic mass is 9.82. The Morgan fingerprint density at radius 1 is 1.09 bits per heavy atom. The first kappa shape index (κ1) is 17.2. The summed E-state index contributed by atoms with van der Waals surface area (Å²) in [5.74, 6) is 1.06. The summed E-state index contributed by atoms with van der Waals surface area (Å²) in [6.07, 6.45) is 6.08. The third-order valence-corrected chi connectivity index (χ3v) is 6.94. The molecule has 0 radical (unpaired) electrons. The zero-order valence-corrected chi connectivity index (χ0v) is 14.9. The van der Waals surface area contributed by atoms with Crippen molar-refractivity contribution < 1.29 is 17.9 Å². The molecule has 7 heteroatoms. The molecular weight excluding hydrogens is 316 g/mol. The zero-order chi connectivity index (χ0) is 16.6. The van der Waals surface area contributed by atoms with Crippen molar-refractivity contribution in [2.75, 3.05) is 32.5 Å². The molecule has 2 atom stereocenters. The number of hydrogen-bond acceptors (Lipinski definition) is 4. The third-order valence-electron chi connectivity index (χ3n) is 5.64. The number of likely N-dealkylation sites (tertiary alicyclic amines) is 1. The second kappa shape index (κ2) is 6.69. The van der Waals surface area contributed by atoms with Gasteiger partial charge in [-0.25, -0.2) is 8.42 Å². The molecule has 0 aromatic heterocycles. The van der Waals surface area contributed by atoms with E-state index in [2.05, 4.69) is 6.92 Å². The van der Waals surface area contributed by atoms with Gasteiger partial charge in [-0.05, 0) is 38.0 Å². The Kier molecular flexibility index (Phi) is 4.99. The number of nitrogens with zero attached hydrogens (tertiary/aromatic N) is 2. The number of morpholine rings is 1. The minimum atomic E-state index is -3.26. The van der Waals surface area contributed by atoms with Crippen LogP contribution in [0.15, 0.2) is 0 Å². The number of amides is 1. The van der Waals surface area contributed by atoms with Crippen molar-refractivity contribution in [3.8, 4) is 0 Å². The molecule has 0 aromatic carbocycles. The van der Waals surface area contributed by atoms with Crippen LogP contribution in [-0.2, 0) is 19.6 Å².